The fourth-order valence-electron chi connectivity index (χ4n) is 2.01. The van der Waals surface area contributed by atoms with E-state index in [0.717, 1.165) is 12.1 Å². The van der Waals surface area contributed by atoms with Crippen molar-refractivity contribution in [2.75, 3.05) is 11.9 Å². The van der Waals surface area contributed by atoms with Gasteiger partial charge in [-0.2, -0.15) is 5.10 Å². The lowest BCUT2D eigenvalue weighted by Gasteiger charge is -2.16. The molecular weight excluding hydrogens is 294 g/mol. The summed E-state index contributed by atoms with van der Waals surface area (Å²) in [5.74, 6) is -0.206. The molecule has 23 heavy (non-hydrogen) atoms. The zero-order valence-corrected chi connectivity index (χ0v) is 13.2. The Labute approximate surface area is 135 Å². The highest BCUT2D eigenvalue weighted by Crippen LogP contribution is 2.18. The van der Waals surface area contributed by atoms with Crippen molar-refractivity contribution in [3.63, 3.8) is 0 Å². The number of hydrogen-bond donors (Lipinski definition) is 3. The molecule has 2 rings (SSSR count). The van der Waals surface area contributed by atoms with Crippen molar-refractivity contribution in [3.8, 4) is 5.69 Å². The number of nitrogens with one attached hydrogen (secondary N) is 3. The SMILES string of the molecule is CCCNC(=O)[C@H](C)NC(=O)Nc1ccccc1-n1cccn1. The van der Waals surface area contributed by atoms with Crippen LogP contribution in [0.4, 0.5) is 10.5 Å². The molecule has 122 valence electrons. The number of carbonyl (C=O) groups excluding carboxylic acids is 2. The minimum atomic E-state index is -0.613. The Morgan fingerprint density at radius 1 is 1.26 bits per heavy atom. The molecule has 3 N–H and O–H groups in total. The van der Waals surface area contributed by atoms with E-state index in [4.69, 9.17) is 0 Å². The molecule has 0 aliphatic carbocycles. The second-order valence-electron chi connectivity index (χ2n) is 5.08. The highest BCUT2D eigenvalue weighted by Gasteiger charge is 2.15. The van der Waals surface area contributed by atoms with Crippen LogP contribution in [0.5, 0.6) is 0 Å². The lowest BCUT2D eigenvalue weighted by Crippen LogP contribution is -2.46. The summed E-state index contributed by atoms with van der Waals surface area (Å²) in [5, 5.41) is 12.3. The lowest BCUT2D eigenvalue weighted by atomic mass is 10.2. The smallest absolute Gasteiger partial charge is 0.319 e. The normalized spacial score (nSPS) is 11.6. The minimum Gasteiger partial charge on any atom is -0.354 e. The molecule has 0 saturated heterocycles. The van der Waals surface area contributed by atoms with E-state index >= 15 is 0 Å². The number of anilines is 1. The van der Waals surface area contributed by atoms with Crippen molar-refractivity contribution >= 4 is 17.6 Å². The molecular formula is C16H21N5O2. The first-order chi connectivity index (χ1) is 11.1. The fourth-order valence-corrected chi connectivity index (χ4v) is 2.01. The summed E-state index contributed by atoms with van der Waals surface area (Å²) in [5.41, 5.74) is 1.35. The Kier molecular flexibility index (Phi) is 5.74. The van der Waals surface area contributed by atoms with Crippen LogP contribution in [-0.2, 0) is 4.79 Å². The van der Waals surface area contributed by atoms with E-state index in [0.29, 0.717) is 12.2 Å². The Morgan fingerprint density at radius 2 is 2.04 bits per heavy atom. The van der Waals surface area contributed by atoms with Gasteiger partial charge < -0.3 is 16.0 Å². The molecule has 0 bridgehead atoms. The summed E-state index contributed by atoms with van der Waals surface area (Å²) < 4.78 is 1.66. The Hall–Kier alpha value is -2.83. The van der Waals surface area contributed by atoms with Gasteiger partial charge in [0.2, 0.25) is 5.91 Å². The molecule has 3 amide bonds. The molecule has 0 unspecified atom stereocenters. The first-order valence-electron chi connectivity index (χ1n) is 7.56. The Balaban J connectivity index is 2.00. The van der Waals surface area contributed by atoms with Crippen LogP contribution < -0.4 is 16.0 Å². The van der Waals surface area contributed by atoms with Gasteiger partial charge in [0.05, 0.1) is 11.4 Å². The number of rotatable bonds is 6. The Bertz CT molecular complexity index is 654. The number of hydrogen-bond acceptors (Lipinski definition) is 3. The van der Waals surface area contributed by atoms with E-state index < -0.39 is 12.1 Å². The van der Waals surface area contributed by atoms with E-state index in [-0.39, 0.29) is 5.91 Å². The molecule has 1 aromatic heterocycles. The average Bonchev–Trinajstić information content (AvgIpc) is 3.07. The van der Waals surface area contributed by atoms with Crippen LogP contribution >= 0.6 is 0 Å². The third-order valence-electron chi connectivity index (χ3n) is 3.19. The highest BCUT2D eigenvalue weighted by molar-refractivity contribution is 5.94. The second-order valence-corrected chi connectivity index (χ2v) is 5.08. The predicted octanol–water partition coefficient (Wildman–Crippen LogP) is 1.91. The standard InChI is InChI=1S/C16H21N5O2/c1-3-9-17-15(22)12(2)19-16(23)20-13-7-4-5-8-14(13)21-11-6-10-18-21/h4-8,10-12H,3,9H2,1-2H3,(H,17,22)(H2,19,20,23)/t12-/m0/s1. The van der Waals surface area contributed by atoms with Gasteiger partial charge >= 0.3 is 6.03 Å². The number of urea groups is 1. The van der Waals surface area contributed by atoms with Gasteiger partial charge in [-0.25, -0.2) is 9.48 Å². The van der Waals surface area contributed by atoms with Gasteiger partial charge in [0.25, 0.3) is 0 Å². The topological polar surface area (TPSA) is 88.0 Å². The van der Waals surface area contributed by atoms with E-state index in [1.165, 1.54) is 0 Å². The number of nitrogens with zero attached hydrogens (tertiary/aromatic N) is 2. The molecule has 1 heterocycles. The molecule has 1 aromatic carbocycles. The van der Waals surface area contributed by atoms with E-state index in [1.54, 1.807) is 36.1 Å². The van der Waals surface area contributed by atoms with Gasteiger partial charge in [0.1, 0.15) is 6.04 Å². The maximum atomic E-state index is 12.1. The zero-order valence-electron chi connectivity index (χ0n) is 13.2. The molecule has 1 atom stereocenters. The molecule has 0 radical (unpaired) electrons. The van der Waals surface area contributed by atoms with Gasteiger partial charge in [0, 0.05) is 18.9 Å². The van der Waals surface area contributed by atoms with Gasteiger partial charge in [0.15, 0.2) is 0 Å². The van der Waals surface area contributed by atoms with Gasteiger partial charge in [-0.05, 0) is 31.5 Å². The monoisotopic (exact) mass is 315 g/mol. The van der Waals surface area contributed by atoms with Gasteiger partial charge in [-0.15, -0.1) is 0 Å². The summed E-state index contributed by atoms with van der Waals surface area (Å²) in [6.07, 6.45) is 4.30. The summed E-state index contributed by atoms with van der Waals surface area (Å²) >= 11 is 0. The van der Waals surface area contributed by atoms with Crippen LogP contribution in [0.1, 0.15) is 20.3 Å². The number of para-hydroxylation sites is 2. The number of carbonyl (C=O) groups is 2. The minimum absolute atomic E-state index is 0.206. The van der Waals surface area contributed by atoms with E-state index in [2.05, 4.69) is 21.0 Å². The summed E-state index contributed by atoms with van der Waals surface area (Å²) in [4.78, 5) is 23.9. The largest absolute Gasteiger partial charge is 0.354 e. The molecule has 0 aliphatic heterocycles. The van der Waals surface area contributed by atoms with Crippen LogP contribution in [0.2, 0.25) is 0 Å². The second kappa shape index (κ2) is 7.98. The molecule has 7 heteroatoms. The zero-order chi connectivity index (χ0) is 16.7. The molecule has 0 spiro atoms. The van der Waals surface area contributed by atoms with Crippen LogP contribution in [-0.4, -0.2) is 34.3 Å². The van der Waals surface area contributed by atoms with Crippen LogP contribution in [0.3, 0.4) is 0 Å². The fraction of sp³-hybridized carbons (Fsp3) is 0.312. The first-order valence-corrected chi connectivity index (χ1v) is 7.56. The maximum Gasteiger partial charge on any atom is 0.319 e. The van der Waals surface area contributed by atoms with Crippen LogP contribution in [0, 0.1) is 0 Å². The molecule has 0 saturated carbocycles. The number of amides is 3. The summed E-state index contributed by atoms with van der Waals surface area (Å²) in [7, 11) is 0. The van der Waals surface area contributed by atoms with Crippen LogP contribution in [0.15, 0.2) is 42.7 Å². The average molecular weight is 315 g/mol. The predicted molar refractivity (Wildman–Crippen MR) is 88.5 cm³/mol. The maximum absolute atomic E-state index is 12.1. The molecule has 0 aliphatic rings. The number of benzene rings is 1. The molecule has 7 nitrogen and oxygen atoms in total. The van der Waals surface area contributed by atoms with Crippen molar-refractivity contribution in [3.05, 3.63) is 42.7 Å². The third-order valence-corrected chi connectivity index (χ3v) is 3.19. The Morgan fingerprint density at radius 3 is 2.74 bits per heavy atom. The highest BCUT2D eigenvalue weighted by atomic mass is 16.2. The lowest BCUT2D eigenvalue weighted by molar-refractivity contribution is -0.122. The van der Waals surface area contributed by atoms with E-state index in [1.807, 2.05) is 25.1 Å². The van der Waals surface area contributed by atoms with Crippen molar-refractivity contribution in [2.24, 2.45) is 0 Å². The molecule has 2 aromatic rings. The summed E-state index contributed by atoms with van der Waals surface area (Å²) in [6, 6.07) is 8.05. The van der Waals surface area contributed by atoms with Gasteiger partial charge in [-0.3, -0.25) is 4.79 Å². The first kappa shape index (κ1) is 16.5. The van der Waals surface area contributed by atoms with Crippen molar-refractivity contribution < 1.29 is 9.59 Å². The van der Waals surface area contributed by atoms with E-state index in [9.17, 15) is 9.59 Å². The van der Waals surface area contributed by atoms with Crippen molar-refractivity contribution in [1.82, 2.24) is 20.4 Å². The third kappa shape index (κ3) is 4.57. The summed E-state index contributed by atoms with van der Waals surface area (Å²) in [6.45, 7) is 4.20. The van der Waals surface area contributed by atoms with Crippen molar-refractivity contribution in [1.29, 1.82) is 0 Å². The van der Waals surface area contributed by atoms with Crippen LogP contribution in [0.25, 0.3) is 5.69 Å². The molecule has 0 fully saturated rings. The quantitative estimate of drug-likeness (QED) is 0.761. The number of aromatic nitrogens is 2. The van der Waals surface area contributed by atoms with Gasteiger partial charge in [-0.1, -0.05) is 19.1 Å². The van der Waals surface area contributed by atoms with Crippen molar-refractivity contribution in [2.45, 2.75) is 26.3 Å².